The molecule has 0 spiro atoms. The van der Waals surface area contributed by atoms with Crippen molar-refractivity contribution in [3.63, 3.8) is 0 Å². The lowest BCUT2D eigenvalue weighted by molar-refractivity contribution is -0.117. The quantitative estimate of drug-likeness (QED) is 0.672. The van der Waals surface area contributed by atoms with Crippen LogP contribution in [0.1, 0.15) is 5.56 Å². The third-order valence-electron chi connectivity index (χ3n) is 1.64. The van der Waals surface area contributed by atoms with E-state index in [2.05, 4.69) is 4.98 Å². The molecule has 2 heterocycles. The number of aromatic nitrogens is 1. The molecule has 4 heteroatoms. The summed E-state index contributed by atoms with van der Waals surface area (Å²) in [6, 6.07) is 1.81. The molecule has 0 aliphatic carbocycles. The Morgan fingerprint density at radius 1 is 1.67 bits per heavy atom. The fourth-order valence-corrected chi connectivity index (χ4v) is 1.08. The highest BCUT2D eigenvalue weighted by Crippen LogP contribution is 2.10. The predicted octanol–water partition coefficient (Wildman–Crippen LogP) is 0.360. The van der Waals surface area contributed by atoms with Gasteiger partial charge in [-0.3, -0.25) is 4.79 Å². The molecular formula is C8H8N2O2. The maximum atomic E-state index is 10.6. The average Bonchev–Trinajstić information content (AvgIpc) is 2.71. The van der Waals surface area contributed by atoms with E-state index >= 15 is 0 Å². The Morgan fingerprint density at radius 3 is 3.25 bits per heavy atom. The van der Waals surface area contributed by atoms with Crippen molar-refractivity contribution in [1.82, 2.24) is 4.98 Å². The summed E-state index contributed by atoms with van der Waals surface area (Å²) in [5, 5.41) is 0. The van der Waals surface area contributed by atoms with E-state index in [-0.39, 0.29) is 12.3 Å². The minimum absolute atomic E-state index is 0.216. The molecule has 0 atom stereocenters. The van der Waals surface area contributed by atoms with E-state index in [1.807, 2.05) is 0 Å². The number of primary amides is 1. The van der Waals surface area contributed by atoms with Crippen molar-refractivity contribution < 1.29 is 9.21 Å². The summed E-state index contributed by atoms with van der Waals surface area (Å²) < 4.78 is 5.10. The Labute approximate surface area is 68.0 Å². The maximum Gasteiger partial charge on any atom is 0.222 e. The Morgan fingerprint density at radius 2 is 2.50 bits per heavy atom. The molecule has 0 radical (unpaired) electrons. The van der Waals surface area contributed by atoms with Crippen LogP contribution in [0.25, 0.3) is 0 Å². The van der Waals surface area contributed by atoms with E-state index < -0.39 is 0 Å². The van der Waals surface area contributed by atoms with Gasteiger partial charge in [0.2, 0.25) is 5.91 Å². The monoisotopic (exact) mass is 164 g/mol. The van der Waals surface area contributed by atoms with Crippen LogP contribution in [0.2, 0.25) is 0 Å². The van der Waals surface area contributed by atoms with E-state index in [1.54, 1.807) is 18.5 Å². The molecule has 1 amide bonds. The summed E-state index contributed by atoms with van der Waals surface area (Å²) in [7, 11) is 0. The second kappa shape index (κ2) is 2.41. The van der Waals surface area contributed by atoms with Crippen LogP contribution in [0.3, 0.4) is 0 Å². The standard InChI is InChI=1S/C8H8N2O2/c9-7(11)3-5-4-10-2-1-6-8(5)12-6/h1-2,4,10H,3H2,(H2,9,11). The van der Waals surface area contributed by atoms with Crippen molar-refractivity contribution in [3.8, 4) is 0 Å². The van der Waals surface area contributed by atoms with Crippen LogP contribution in [0.15, 0.2) is 22.9 Å². The van der Waals surface area contributed by atoms with Crippen molar-refractivity contribution >= 4 is 5.91 Å². The Hall–Kier alpha value is -1.71. The maximum absolute atomic E-state index is 10.6. The highest BCUT2D eigenvalue weighted by Gasteiger charge is 2.07. The number of rotatable bonds is 2. The van der Waals surface area contributed by atoms with E-state index in [0.717, 1.165) is 16.4 Å². The number of carbonyl (C=O) groups excluding carboxylic acids is 1. The summed E-state index contributed by atoms with van der Waals surface area (Å²) in [4.78, 5) is 13.5. The molecule has 3 N–H and O–H groups in total. The molecular weight excluding hydrogens is 156 g/mol. The molecule has 0 aromatic carbocycles. The van der Waals surface area contributed by atoms with Gasteiger partial charge in [-0.1, -0.05) is 0 Å². The van der Waals surface area contributed by atoms with E-state index in [0.29, 0.717) is 0 Å². The summed E-state index contributed by atoms with van der Waals surface area (Å²) in [5.41, 5.74) is 7.44. The number of carbonyl (C=O) groups is 1. The number of hydrogen-bond acceptors (Lipinski definition) is 2. The van der Waals surface area contributed by atoms with Crippen molar-refractivity contribution in [1.29, 1.82) is 0 Å². The third-order valence-corrected chi connectivity index (χ3v) is 1.64. The van der Waals surface area contributed by atoms with Gasteiger partial charge in [0.05, 0.1) is 6.42 Å². The average molecular weight is 164 g/mol. The normalized spacial score (nSPS) is 10.7. The van der Waals surface area contributed by atoms with Gasteiger partial charge in [0.1, 0.15) is 0 Å². The topological polar surface area (TPSA) is 72.0 Å². The van der Waals surface area contributed by atoms with Gasteiger partial charge >= 0.3 is 0 Å². The SMILES string of the molecule is NC(=O)Cc1c[nH]ccc2oc1=2. The fraction of sp³-hybridized carbons (Fsp3) is 0.125. The van der Waals surface area contributed by atoms with Crippen molar-refractivity contribution in [2.24, 2.45) is 5.73 Å². The predicted molar refractivity (Wildman–Crippen MR) is 41.3 cm³/mol. The number of hydrogen-bond donors (Lipinski definition) is 2. The summed E-state index contributed by atoms with van der Waals surface area (Å²) in [6.07, 6.45) is 3.68. The van der Waals surface area contributed by atoms with Crippen LogP contribution in [0.4, 0.5) is 0 Å². The second-order valence-corrected chi connectivity index (χ2v) is 2.61. The molecule has 12 heavy (non-hydrogen) atoms. The van der Waals surface area contributed by atoms with Gasteiger partial charge in [-0.15, -0.1) is 0 Å². The zero-order valence-electron chi connectivity index (χ0n) is 6.33. The van der Waals surface area contributed by atoms with Crippen LogP contribution in [0.5, 0.6) is 0 Å². The smallest absolute Gasteiger partial charge is 0.222 e. The molecule has 2 aliphatic rings. The first-order valence-electron chi connectivity index (χ1n) is 3.60. The molecule has 2 rings (SSSR count). The molecule has 4 nitrogen and oxygen atoms in total. The molecule has 0 saturated heterocycles. The number of nitrogens with two attached hydrogens (primary N) is 1. The van der Waals surface area contributed by atoms with Gasteiger partial charge in [-0.2, -0.15) is 0 Å². The highest BCUT2D eigenvalue weighted by atomic mass is 16.4. The summed E-state index contributed by atoms with van der Waals surface area (Å²) in [5.74, 6) is -0.354. The summed E-state index contributed by atoms with van der Waals surface area (Å²) in [6.45, 7) is 0. The van der Waals surface area contributed by atoms with Crippen LogP contribution >= 0.6 is 0 Å². The summed E-state index contributed by atoms with van der Waals surface area (Å²) >= 11 is 0. The Balaban J connectivity index is 2.46. The number of H-pyrrole nitrogens is 1. The van der Waals surface area contributed by atoms with E-state index in [1.165, 1.54) is 0 Å². The molecule has 2 aliphatic heterocycles. The van der Waals surface area contributed by atoms with Gasteiger partial charge in [0.15, 0.2) is 10.8 Å². The lowest BCUT2D eigenvalue weighted by Crippen LogP contribution is -2.13. The minimum Gasteiger partial charge on any atom is -0.449 e. The molecule has 0 aromatic heterocycles. The zero-order chi connectivity index (χ0) is 8.55. The fourth-order valence-electron chi connectivity index (χ4n) is 1.08. The zero-order valence-corrected chi connectivity index (χ0v) is 6.33. The van der Waals surface area contributed by atoms with Crippen LogP contribution in [-0.2, 0) is 11.2 Å². The lowest BCUT2D eigenvalue weighted by Gasteiger charge is -1.88. The first-order chi connectivity index (χ1) is 5.77. The van der Waals surface area contributed by atoms with Gasteiger partial charge in [0.25, 0.3) is 0 Å². The minimum atomic E-state index is -0.354. The number of nitrogens with one attached hydrogen (secondary N) is 1. The number of aromatic amines is 1. The van der Waals surface area contributed by atoms with E-state index in [4.69, 9.17) is 10.2 Å². The lowest BCUT2D eigenvalue weighted by atomic mass is 10.2. The first kappa shape index (κ1) is 6.97. The first-order valence-corrected chi connectivity index (χ1v) is 3.60. The third kappa shape index (κ3) is 1.18. The largest absolute Gasteiger partial charge is 0.449 e. The van der Waals surface area contributed by atoms with Crippen molar-refractivity contribution in [3.05, 3.63) is 34.9 Å². The molecule has 0 saturated carbocycles. The van der Waals surface area contributed by atoms with Crippen LogP contribution in [-0.4, -0.2) is 10.9 Å². The van der Waals surface area contributed by atoms with Crippen LogP contribution < -0.4 is 5.73 Å². The number of amides is 1. The molecule has 0 unspecified atom stereocenters. The van der Waals surface area contributed by atoms with Crippen molar-refractivity contribution in [2.75, 3.05) is 0 Å². The van der Waals surface area contributed by atoms with Gasteiger partial charge in [-0.25, -0.2) is 0 Å². The van der Waals surface area contributed by atoms with Gasteiger partial charge in [0, 0.05) is 24.0 Å². The molecule has 0 aromatic rings. The molecule has 0 bridgehead atoms. The Kier molecular flexibility index (Phi) is 1.40. The van der Waals surface area contributed by atoms with Crippen molar-refractivity contribution in [2.45, 2.75) is 6.42 Å². The molecule has 0 fully saturated rings. The van der Waals surface area contributed by atoms with Gasteiger partial charge < -0.3 is 15.1 Å². The van der Waals surface area contributed by atoms with Crippen LogP contribution in [0, 0.1) is 10.8 Å². The highest BCUT2D eigenvalue weighted by molar-refractivity contribution is 5.76. The van der Waals surface area contributed by atoms with E-state index in [9.17, 15) is 4.79 Å². The Bertz CT molecular complexity index is 454. The second-order valence-electron chi connectivity index (χ2n) is 2.61. The molecule has 62 valence electrons. The van der Waals surface area contributed by atoms with Gasteiger partial charge in [-0.05, 0) is 0 Å².